The standard InChI is InChI=1S/C17H12ClF3N4S/c18-15-14(26-16(24-15)23-11-6-2-1-3-7-11)10-22-25-13-9-5-4-8-12(13)17(19,20)21/h1-10,25H,(H,23,24). The van der Waals surface area contributed by atoms with Gasteiger partial charge in [-0.3, -0.25) is 5.43 Å². The Balaban J connectivity index is 1.72. The van der Waals surface area contributed by atoms with Crippen LogP contribution in [0.3, 0.4) is 0 Å². The molecule has 3 aromatic rings. The maximum Gasteiger partial charge on any atom is 0.418 e. The van der Waals surface area contributed by atoms with Crippen LogP contribution in [0.15, 0.2) is 59.7 Å². The van der Waals surface area contributed by atoms with Gasteiger partial charge in [-0.1, -0.05) is 53.3 Å². The van der Waals surface area contributed by atoms with Crippen LogP contribution in [-0.4, -0.2) is 11.2 Å². The predicted molar refractivity (Wildman–Crippen MR) is 99.5 cm³/mol. The van der Waals surface area contributed by atoms with Crippen LogP contribution in [0.5, 0.6) is 0 Å². The summed E-state index contributed by atoms with van der Waals surface area (Å²) in [4.78, 5) is 4.68. The van der Waals surface area contributed by atoms with Gasteiger partial charge >= 0.3 is 6.18 Å². The number of rotatable bonds is 5. The van der Waals surface area contributed by atoms with Gasteiger partial charge in [0.1, 0.15) is 0 Å². The molecule has 0 unspecified atom stereocenters. The first kappa shape index (κ1) is 18.2. The minimum atomic E-state index is -4.46. The second kappa shape index (κ2) is 7.76. The van der Waals surface area contributed by atoms with Crippen LogP contribution < -0.4 is 10.7 Å². The number of nitrogens with one attached hydrogen (secondary N) is 2. The Bertz CT molecular complexity index is 910. The molecule has 3 rings (SSSR count). The van der Waals surface area contributed by atoms with Gasteiger partial charge in [0.25, 0.3) is 0 Å². The summed E-state index contributed by atoms with van der Waals surface area (Å²) >= 11 is 7.29. The average molecular weight is 397 g/mol. The van der Waals surface area contributed by atoms with Crippen LogP contribution in [0.2, 0.25) is 5.15 Å². The summed E-state index contributed by atoms with van der Waals surface area (Å²) in [6.45, 7) is 0. The molecule has 0 amide bonds. The van der Waals surface area contributed by atoms with Crippen molar-refractivity contribution in [1.29, 1.82) is 0 Å². The Morgan fingerprint density at radius 2 is 1.73 bits per heavy atom. The van der Waals surface area contributed by atoms with Gasteiger partial charge in [0.2, 0.25) is 0 Å². The van der Waals surface area contributed by atoms with E-state index in [0.717, 1.165) is 11.8 Å². The number of hydrogen-bond acceptors (Lipinski definition) is 5. The average Bonchev–Trinajstić information content (AvgIpc) is 2.95. The maximum atomic E-state index is 12.9. The molecule has 0 aliphatic heterocycles. The summed E-state index contributed by atoms with van der Waals surface area (Å²) in [5, 5.41) is 7.71. The third kappa shape index (κ3) is 4.53. The number of hydrogen-bond donors (Lipinski definition) is 2. The first-order valence-electron chi connectivity index (χ1n) is 7.37. The summed E-state index contributed by atoms with van der Waals surface area (Å²) in [5.41, 5.74) is 2.32. The second-order valence-corrected chi connectivity index (χ2v) is 6.47. The Morgan fingerprint density at radius 3 is 2.46 bits per heavy atom. The quantitative estimate of drug-likeness (QED) is 0.410. The summed E-state index contributed by atoms with van der Waals surface area (Å²) in [5.74, 6) is 0. The number of nitrogens with zero attached hydrogens (tertiary/aromatic N) is 2. The lowest BCUT2D eigenvalue weighted by atomic mass is 10.2. The van der Waals surface area contributed by atoms with Crippen LogP contribution in [-0.2, 0) is 6.18 Å². The molecule has 2 N–H and O–H groups in total. The third-order valence-corrected chi connectivity index (χ3v) is 4.54. The van der Waals surface area contributed by atoms with Crippen molar-refractivity contribution in [2.75, 3.05) is 10.7 Å². The van der Waals surface area contributed by atoms with Crippen molar-refractivity contribution >= 4 is 45.7 Å². The molecule has 0 spiro atoms. The van der Waals surface area contributed by atoms with E-state index in [9.17, 15) is 13.2 Å². The van der Waals surface area contributed by atoms with Crippen molar-refractivity contribution in [3.05, 3.63) is 70.2 Å². The van der Waals surface area contributed by atoms with E-state index < -0.39 is 11.7 Å². The zero-order valence-electron chi connectivity index (χ0n) is 13.1. The van der Waals surface area contributed by atoms with Crippen LogP contribution in [0.25, 0.3) is 0 Å². The molecule has 1 aromatic heterocycles. The molecule has 0 fully saturated rings. The largest absolute Gasteiger partial charge is 0.418 e. The molecule has 1 heterocycles. The first-order chi connectivity index (χ1) is 12.4. The highest BCUT2D eigenvalue weighted by Crippen LogP contribution is 2.34. The van der Waals surface area contributed by atoms with Crippen LogP contribution in [0.1, 0.15) is 10.4 Å². The Kier molecular flexibility index (Phi) is 5.43. The predicted octanol–water partition coefficient (Wildman–Crippen LogP) is 6.00. The number of alkyl halides is 3. The Labute approximate surface area is 156 Å². The van der Waals surface area contributed by atoms with E-state index in [1.54, 1.807) is 0 Å². The van der Waals surface area contributed by atoms with E-state index in [2.05, 4.69) is 20.8 Å². The van der Waals surface area contributed by atoms with Crippen molar-refractivity contribution in [1.82, 2.24) is 4.98 Å². The zero-order valence-corrected chi connectivity index (χ0v) is 14.7. The zero-order chi connectivity index (χ0) is 18.6. The minimum absolute atomic E-state index is 0.139. The highest BCUT2D eigenvalue weighted by atomic mass is 35.5. The fourth-order valence-corrected chi connectivity index (χ4v) is 3.13. The highest BCUT2D eigenvalue weighted by Gasteiger charge is 2.33. The monoisotopic (exact) mass is 396 g/mol. The number of thiazole rings is 1. The van der Waals surface area contributed by atoms with Gasteiger partial charge in [-0.05, 0) is 24.3 Å². The highest BCUT2D eigenvalue weighted by molar-refractivity contribution is 7.17. The number of hydrazone groups is 1. The summed E-state index contributed by atoms with van der Waals surface area (Å²) in [7, 11) is 0. The molecular formula is C17H12ClF3N4S. The summed E-state index contributed by atoms with van der Waals surface area (Å²) in [6.07, 6.45) is -3.13. The molecule has 2 aromatic carbocycles. The van der Waals surface area contributed by atoms with Crippen LogP contribution >= 0.6 is 22.9 Å². The Morgan fingerprint density at radius 1 is 1.04 bits per heavy atom. The number of halogens is 4. The normalized spacial score (nSPS) is 11.7. The second-order valence-electron chi connectivity index (χ2n) is 5.08. The van der Waals surface area contributed by atoms with E-state index in [0.29, 0.717) is 10.0 Å². The molecule has 0 radical (unpaired) electrons. The minimum Gasteiger partial charge on any atom is -0.331 e. The van der Waals surface area contributed by atoms with Gasteiger partial charge in [-0.15, -0.1) is 0 Å². The van der Waals surface area contributed by atoms with E-state index in [1.807, 2.05) is 30.3 Å². The van der Waals surface area contributed by atoms with Crippen LogP contribution in [0.4, 0.5) is 29.7 Å². The topological polar surface area (TPSA) is 49.3 Å². The summed E-state index contributed by atoms with van der Waals surface area (Å²) < 4.78 is 38.8. The molecule has 0 bridgehead atoms. The van der Waals surface area contributed by atoms with Crippen molar-refractivity contribution < 1.29 is 13.2 Å². The van der Waals surface area contributed by atoms with Gasteiger partial charge in [0.15, 0.2) is 10.3 Å². The molecule has 0 saturated carbocycles. The van der Waals surface area contributed by atoms with Crippen molar-refractivity contribution in [3.8, 4) is 0 Å². The molecule has 0 aliphatic rings. The molecule has 0 aliphatic carbocycles. The number of aromatic nitrogens is 1. The fourth-order valence-electron chi connectivity index (χ4n) is 2.08. The first-order valence-corrected chi connectivity index (χ1v) is 8.56. The van der Waals surface area contributed by atoms with E-state index in [1.165, 1.54) is 35.8 Å². The number of para-hydroxylation sites is 2. The van der Waals surface area contributed by atoms with Crippen LogP contribution in [0, 0.1) is 0 Å². The lowest BCUT2D eigenvalue weighted by Crippen LogP contribution is -2.08. The number of benzene rings is 2. The van der Waals surface area contributed by atoms with Crippen molar-refractivity contribution in [2.24, 2.45) is 5.10 Å². The lowest BCUT2D eigenvalue weighted by molar-refractivity contribution is -0.136. The molecule has 4 nitrogen and oxygen atoms in total. The molecule has 9 heteroatoms. The van der Waals surface area contributed by atoms with Gasteiger partial charge < -0.3 is 5.32 Å². The molecule has 0 saturated heterocycles. The van der Waals surface area contributed by atoms with E-state index >= 15 is 0 Å². The number of anilines is 3. The van der Waals surface area contributed by atoms with Crippen molar-refractivity contribution in [2.45, 2.75) is 6.18 Å². The molecular weight excluding hydrogens is 385 g/mol. The third-order valence-electron chi connectivity index (χ3n) is 3.23. The SMILES string of the molecule is FC(F)(F)c1ccccc1NN=Cc1sc(Nc2ccccc2)nc1Cl. The van der Waals surface area contributed by atoms with Gasteiger partial charge in [-0.25, -0.2) is 4.98 Å². The smallest absolute Gasteiger partial charge is 0.331 e. The summed E-state index contributed by atoms with van der Waals surface area (Å²) in [6, 6.07) is 14.5. The fraction of sp³-hybridized carbons (Fsp3) is 0.0588. The molecule has 134 valence electrons. The Hall–Kier alpha value is -2.58. The molecule has 26 heavy (non-hydrogen) atoms. The molecule has 0 atom stereocenters. The maximum absolute atomic E-state index is 12.9. The van der Waals surface area contributed by atoms with E-state index in [-0.39, 0.29) is 10.8 Å². The van der Waals surface area contributed by atoms with Crippen molar-refractivity contribution in [3.63, 3.8) is 0 Å². The lowest BCUT2D eigenvalue weighted by Gasteiger charge is -2.11. The van der Waals surface area contributed by atoms with Gasteiger partial charge in [-0.2, -0.15) is 18.3 Å². The van der Waals surface area contributed by atoms with Gasteiger partial charge in [0.05, 0.1) is 22.3 Å². The van der Waals surface area contributed by atoms with Gasteiger partial charge in [0, 0.05) is 5.69 Å². The van der Waals surface area contributed by atoms with E-state index in [4.69, 9.17) is 11.6 Å².